The van der Waals surface area contributed by atoms with Gasteiger partial charge in [-0.05, 0) is 42.0 Å². The summed E-state index contributed by atoms with van der Waals surface area (Å²) in [7, 11) is 0. The minimum Gasteiger partial charge on any atom is -0.358 e. The van der Waals surface area contributed by atoms with Crippen molar-refractivity contribution in [2.75, 3.05) is 5.32 Å². The van der Waals surface area contributed by atoms with Crippen molar-refractivity contribution in [3.8, 4) is 0 Å². The molecule has 136 valence electrons. The van der Waals surface area contributed by atoms with Crippen LogP contribution < -0.4 is 10.6 Å². The normalized spacial score (nSPS) is 15.4. The molecule has 3 aromatic rings. The number of nitrogens with one attached hydrogen (secondary N) is 2. The van der Waals surface area contributed by atoms with Gasteiger partial charge in [-0.3, -0.25) is 9.59 Å². The minimum atomic E-state index is -0.715. The van der Waals surface area contributed by atoms with Crippen LogP contribution in [0.4, 0.5) is 10.2 Å². The first-order valence-electron chi connectivity index (χ1n) is 8.36. The molecule has 1 aliphatic heterocycles. The molecular formula is C19H15FN4O2S. The van der Waals surface area contributed by atoms with E-state index in [-0.39, 0.29) is 35.4 Å². The van der Waals surface area contributed by atoms with Crippen molar-refractivity contribution < 1.29 is 14.0 Å². The highest BCUT2D eigenvalue weighted by Crippen LogP contribution is 2.28. The van der Waals surface area contributed by atoms with Gasteiger partial charge in [-0.25, -0.2) is 13.9 Å². The molecule has 27 heavy (non-hydrogen) atoms. The van der Waals surface area contributed by atoms with Crippen molar-refractivity contribution in [2.45, 2.75) is 19.0 Å². The summed E-state index contributed by atoms with van der Waals surface area (Å²) < 4.78 is 14.4. The zero-order valence-electron chi connectivity index (χ0n) is 14.1. The molecule has 0 fully saturated rings. The lowest BCUT2D eigenvalue weighted by Gasteiger charge is -2.10. The lowest BCUT2D eigenvalue weighted by molar-refractivity contribution is -0.121. The number of fused-ring (bicyclic) bond motifs is 3. The van der Waals surface area contributed by atoms with Crippen LogP contribution in [-0.4, -0.2) is 27.4 Å². The molecule has 0 bridgehead atoms. The van der Waals surface area contributed by atoms with Crippen LogP contribution >= 0.6 is 12.2 Å². The Bertz CT molecular complexity index is 1110. The Labute approximate surface area is 159 Å². The topological polar surface area (TPSA) is 76.0 Å². The van der Waals surface area contributed by atoms with Gasteiger partial charge >= 0.3 is 0 Å². The Morgan fingerprint density at radius 3 is 2.74 bits per heavy atom. The van der Waals surface area contributed by atoms with Crippen LogP contribution in [0.25, 0.3) is 10.9 Å². The van der Waals surface area contributed by atoms with Gasteiger partial charge in [-0.1, -0.05) is 24.3 Å². The maximum absolute atomic E-state index is 12.9. The van der Waals surface area contributed by atoms with Gasteiger partial charge in [0.2, 0.25) is 10.7 Å². The lowest BCUT2D eigenvalue weighted by Crippen LogP contribution is -2.33. The number of para-hydroxylation sites is 1. The van der Waals surface area contributed by atoms with E-state index in [4.69, 9.17) is 12.2 Å². The van der Waals surface area contributed by atoms with Crippen LogP contribution in [0.5, 0.6) is 0 Å². The van der Waals surface area contributed by atoms with Gasteiger partial charge in [0, 0.05) is 11.9 Å². The third-order valence-electron chi connectivity index (χ3n) is 4.41. The number of carbonyl (C=O) groups is 2. The molecule has 2 aromatic carbocycles. The molecule has 1 atom stereocenters. The highest BCUT2D eigenvalue weighted by molar-refractivity contribution is 7.71. The third-order valence-corrected chi connectivity index (χ3v) is 4.69. The quantitative estimate of drug-likeness (QED) is 0.679. The highest BCUT2D eigenvalue weighted by Gasteiger charge is 2.33. The van der Waals surface area contributed by atoms with Gasteiger partial charge < -0.3 is 10.6 Å². The van der Waals surface area contributed by atoms with E-state index in [0.717, 1.165) is 10.9 Å². The fourth-order valence-corrected chi connectivity index (χ4v) is 3.35. The van der Waals surface area contributed by atoms with Crippen LogP contribution in [0.3, 0.4) is 0 Å². The molecule has 0 saturated heterocycles. The molecule has 0 saturated carbocycles. The maximum atomic E-state index is 12.9. The summed E-state index contributed by atoms with van der Waals surface area (Å²) in [5.74, 6) is -0.361. The van der Waals surface area contributed by atoms with Crippen LogP contribution in [0.2, 0.25) is 0 Å². The second kappa shape index (κ2) is 6.88. The van der Waals surface area contributed by atoms with Crippen molar-refractivity contribution in [1.82, 2.24) is 14.9 Å². The largest absolute Gasteiger partial charge is 0.358 e. The Hall–Kier alpha value is -3.13. The molecule has 0 aliphatic carbocycles. The van der Waals surface area contributed by atoms with Crippen LogP contribution in [-0.2, 0) is 11.3 Å². The van der Waals surface area contributed by atoms with Gasteiger partial charge in [0.15, 0.2) is 0 Å². The molecule has 1 unspecified atom stereocenters. The fourth-order valence-electron chi connectivity index (χ4n) is 3.07. The minimum absolute atomic E-state index is 0.0369. The summed E-state index contributed by atoms with van der Waals surface area (Å²) in [6.07, 6.45) is -0.0369. The van der Waals surface area contributed by atoms with Crippen molar-refractivity contribution in [3.05, 3.63) is 64.7 Å². The summed E-state index contributed by atoms with van der Waals surface area (Å²) in [6.45, 7) is 0.261. The van der Waals surface area contributed by atoms with Gasteiger partial charge in [0.05, 0.1) is 11.9 Å². The highest BCUT2D eigenvalue weighted by atomic mass is 32.1. The van der Waals surface area contributed by atoms with E-state index in [0.29, 0.717) is 11.3 Å². The van der Waals surface area contributed by atoms with Crippen molar-refractivity contribution in [2.24, 2.45) is 0 Å². The van der Waals surface area contributed by atoms with Gasteiger partial charge in [-0.15, -0.1) is 0 Å². The Kier molecular flexibility index (Phi) is 4.41. The first-order valence-corrected chi connectivity index (χ1v) is 8.77. The van der Waals surface area contributed by atoms with Crippen LogP contribution in [0.15, 0.2) is 48.5 Å². The molecule has 0 radical (unpaired) electrons. The van der Waals surface area contributed by atoms with E-state index in [9.17, 15) is 14.0 Å². The number of hydrogen-bond donors (Lipinski definition) is 2. The van der Waals surface area contributed by atoms with Crippen LogP contribution in [0, 0.1) is 10.6 Å². The van der Waals surface area contributed by atoms with Crippen molar-refractivity contribution in [3.63, 3.8) is 0 Å². The maximum Gasteiger partial charge on any atom is 0.257 e. The number of amides is 1. The average molecular weight is 382 g/mol. The van der Waals surface area contributed by atoms with E-state index in [1.54, 1.807) is 12.1 Å². The second-order valence-corrected chi connectivity index (χ2v) is 6.60. The summed E-state index contributed by atoms with van der Waals surface area (Å²) in [5.41, 5.74) is 1.46. The molecule has 6 nitrogen and oxygen atoms in total. The number of carbonyl (C=O) groups excluding carboxylic acids is 2. The predicted molar refractivity (Wildman–Crippen MR) is 101 cm³/mol. The number of hydrogen-bond acceptors (Lipinski definition) is 5. The lowest BCUT2D eigenvalue weighted by atomic mass is 10.2. The number of aromatic nitrogens is 2. The van der Waals surface area contributed by atoms with Gasteiger partial charge in [-0.2, -0.15) is 0 Å². The summed E-state index contributed by atoms with van der Waals surface area (Å²) in [4.78, 5) is 29.2. The Balaban J connectivity index is 1.49. The van der Waals surface area contributed by atoms with Crippen LogP contribution in [0.1, 0.15) is 16.8 Å². The molecule has 4 rings (SSSR count). The Morgan fingerprint density at radius 2 is 1.96 bits per heavy atom. The molecule has 2 heterocycles. The summed E-state index contributed by atoms with van der Waals surface area (Å²) >= 11 is 5.24. The molecule has 1 amide bonds. The first-order chi connectivity index (χ1) is 13.0. The molecule has 2 N–H and O–H groups in total. The molecule has 1 aliphatic rings. The zero-order valence-corrected chi connectivity index (χ0v) is 14.9. The van der Waals surface area contributed by atoms with E-state index in [1.807, 2.05) is 24.3 Å². The zero-order chi connectivity index (χ0) is 19.0. The number of nitrogens with zero attached hydrogens (tertiary/aromatic N) is 2. The third kappa shape index (κ3) is 3.31. The SMILES string of the molecule is O=C(CC1Nc2c3ccccc3nc(=S)n2C1=O)NCc1ccc(F)cc1. The van der Waals surface area contributed by atoms with E-state index < -0.39 is 6.04 Å². The van der Waals surface area contributed by atoms with Gasteiger partial charge in [0.25, 0.3) is 5.91 Å². The van der Waals surface area contributed by atoms with E-state index in [2.05, 4.69) is 15.6 Å². The van der Waals surface area contributed by atoms with Crippen molar-refractivity contribution >= 4 is 40.8 Å². The molecular weight excluding hydrogens is 367 g/mol. The second-order valence-electron chi connectivity index (χ2n) is 6.24. The van der Waals surface area contributed by atoms with E-state index >= 15 is 0 Å². The fraction of sp³-hybridized carbons (Fsp3) is 0.158. The first kappa shape index (κ1) is 17.3. The summed E-state index contributed by atoms with van der Waals surface area (Å²) in [5, 5.41) is 6.61. The number of halogens is 1. The molecule has 0 spiro atoms. The number of benzene rings is 2. The standard InChI is InChI=1S/C19H15FN4O2S/c20-12-7-5-11(6-8-12)10-21-16(25)9-15-18(26)24-17(22-15)13-3-1-2-4-14(13)23-19(24)27/h1-8,15,22H,9-10H2,(H,21,25). The molecule has 1 aromatic heterocycles. The smallest absolute Gasteiger partial charge is 0.257 e. The number of rotatable bonds is 4. The predicted octanol–water partition coefficient (Wildman–Crippen LogP) is 3.05. The summed E-state index contributed by atoms with van der Waals surface area (Å²) in [6, 6.07) is 12.5. The average Bonchev–Trinajstić information content (AvgIpc) is 2.98. The monoisotopic (exact) mass is 382 g/mol. The number of anilines is 1. The van der Waals surface area contributed by atoms with Crippen molar-refractivity contribution in [1.29, 1.82) is 0 Å². The Morgan fingerprint density at radius 1 is 1.22 bits per heavy atom. The van der Waals surface area contributed by atoms with E-state index in [1.165, 1.54) is 16.7 Å². The van der Waals surface area contributed by atoms with Gasteiger partial charge in [0.1, 0.15) is 17.7 Å². The molecule has 8 heteroatoms.